The summed E-state index contributed by atoms with van der Waals surface area (Å²) in [5, 5.41) is 2.90. The summed E-state index contributed by atoms with van der Waals surface area (Å²) in [6, 6.07) is 7.32. The van der Waals surface area contributed by atoms with Crippen LogP contribution in [-0.2, 0) is 4.79 Å². The van der Waals surface area contributed by atoms with Crippen LogP contribution in [0.5, 0.6) is 0 Å². The lowest BCUT2D eigenvalue weighted by molar-refractivity contribution is -0.117. The van der Waals surface area contributed by atoms with Crippen LogP contribution in [0.25, 0.3) is 0 Å². The number of amides is 1. The summed E-state index contributed by atoms with van der Waals surface area (Å²) in [5.41, 5.74) is 7.10. The van der Waals surface area contributed by atoms with Crippen LogP contribution in [0.3, 0.4) is 0 Å². The van der Waals surface area contributed by atoms with E-state index in [2.05, 4.69) is 10.2 Å². The first kappa shape index (κ1) is 15.9. The number of nitrogens with zero attached hydrogens (tertiary/aromatic N) is 1. The fourth-order valence-corrected chi connectivity index (χ4v) is 3.02. The molecule has 4 nitrogen and oxygen atoms in total. The largest absolute Gasteiger partial charge is 0.389 e. The summed E-state index contributed by atoms with van der Waals surface area (Å²) in [7, 11) is 2.00. The molecule has 5 heteroatoms. The fraction of sp³-hybridized carbons (Fsp3) is 0.500. The quantitative estimate of drug-likeness (QED) is 0.792. The van der Waals surface area contributed by atoms with Crippen molar-refractivity contribution in [1.82, 2.24) is 4.90 Å². The number of rotatable bonds is 6. The summed E-state index contributed by atoms with van der Waals surface area (Å²) in [4.78, 5) is 14.5. The molecule has 0 bridgehead atoms. The van der Waals surface area contributed by atoms with Gasteiger partial charge in [-0.1, -0.05) is 37.2 Å². The van der Waals surface area contributed by atoms with Crippen LogP contribution in [0.1, 0.15) is 31.2 Å². The molecule has 0 aromatic heterocycles. The third-order valence-corrected chi connectivity index (χ3v) is 4.12. The molecular formula is C16H23N3OS. The monoisotopic (exact) mass is 305 g/mol. The van der Waals surface area contributed by atoms with Crippen LogP contribution in [0.15, 0.2) is 24.3 Å². The molecule has 0 heterocycles. The second-order valence-corrected chi connectivity index (χ2v) is 6.28. The lowest BCUT2D eigenvalue weighted by Crippen LogP contribution is -2.33. The zero-order chi connectivity index (χ0) is 15.2. The normalized spacial score (nSPS) is 15.3. The van der Waals surface area contributed by atoms with E-state index in [4.69, 9.17) is 18.0 Å². The Kier molecular flexibility index (Phi) is 5.70. The molecule has 0 aliphatic heterocycles. The molecule has 1 aliphatic carbocycles. The number of carbonyl (C=O) groups is 1. The SMILES string of the molecule is CN(CC(=O)Nc1cccc(C(N)=S)c1)CC1CCCC1. The number of benzene rings is 1. The first-order chi connectivity index (χ1) is 10.0. The Morgan fingerprint density at radius 3 is 2.81 bits per heavy atom. The van der Waals surface area contributed by atoms with Crippen LogP contribution in [0, 0.1) is 5.92 Å². The molecule has 2 rings (SSSR count). The Labute approximate surface area is 131 Å². The van der Waals surface area contributed by atoms with Crippen LogP contribution in [0.2, 0.25) is 0 Å². The van der Waals surface area contributed by atoms with E-state index in [0.717, 1.165) is 23.7 Å². The van der Waals surface area contributed by atoms with Crippen LogP contribution in [0.4, 0.5) is 5.69 Å². The van der Waals surface area contributed by atoms with E-state index >= 15 is 0 Å². The van der Waals surface area contributed by atoms with Crippen molar-refractivity contribution in [1.29, 1.82) is 0 Å². The molecule has 0 atom stereocenters. The Morgan fingerprint density at radius 2 is 2.14 bits per heavy atom. The molecular weight excluding hydrogens is 282 g/mol. The molecule has 3 N–H and O–H groups in total. The van der Waals surface area contributed by atoms with Gasteiger partial charge >= 0.3 is 0 Å². The average molecular weight is 305 g/mol. The molecule has 0 saturated heterocycles. The van der Waals surface area contributed by atoms with Gasteiger partial charge in [-0.15, -0.1) is 0 Å². The maximum absolute atomic E-state index is 12.1. The summed E-state index contributed by atoms with van der Waals surface area (Å²) in [6.45, 7) is 1.41. The number of anilines is 1. The maximum Gasteiger partial charge on any atom is 0.238 e. The number of thiocarbonyl (C=S) groups is 1. The first-order valence-electron chi connectivity index (χ1n) is 7.43. The van der Waals surface area contributed by atoms with Gasteiger partial charge in [0.25, 0.3) is 0 Å². The second kappa shape index (κ2) is 7.52. The van der Waals surface area contributed by atoms with E-state index in [0.29, 0.717) is 11.5 Å². The van der Waals surface area contributed by atoms with Crippen LogP contribution < -0.4 is 11.1 Å². The van der Waals surface area contributed by atoms with Crippen molar-refractivity contribution in [3.8, 4) is 0 Å². The Morgan fingerprint density at radius 1 is 1.43 bits per heavy atom. The van der Waals surface area contributed by atoms with Crippen molar-refractivity contribution in [3.05, 3.63) is 29.8 Å². The Balaban J connectivity index is 1.83. The molecule has 1 aromatic carbocycles. The molecule has 1 fully saturated rings. The standard InChI is InChI=1S/C16H23N3OS/c1-19(10-12-5-2-3-6-12)11-15(20)18-14-8-4-7-13(9-14)16(17)21/h4,7-9,12H,2-3,5-6,10-11H2,1H3,(H2,17,21)(H,18,20). The topological polar surface area (TPSA) is 58.4 Å². The van der Waals surface area contributed by atoms with Gasteiger partial charge in [-0.3, -0.25) is 9.69 Å². The van der Waals surface area contributed by atoms with Crippen molar-refractivity contribution in [3.63, 3.8) is 0 Å². The van der Waals surface area contributed by atoms with Gasteiger partial charge in [0, 0.05) is 17.8 Å². The van der Waals surface area contributed by atoms with E-state index in [-0.39, 0.29) is 5.91 Å². The zero-order valence-corrected chi connectivity index (χ0v) is 13.3. The molecule has 1 saturated carbocycles. The van der Waals surface area contributed by atoms with Gasteiger partial charge in [0.1, 0.15) is 4.99 Å². The Hall–Kier alpha value is -1.46. The second-order valence-electron chi connectivity index (χ2n) is 5.84. The molecule has 114 valence electrons. The van der Waals surface area contributed by atoms with Gasteiger partial charge in [-0.2, -0.15) is 0 Å². The van der Waals surface area contributed by atoms with Crippen LogP contribution in [-0.4, -0.2) is 35.9 Å². The number of nitrogens with two attached hydrogens (primary N) is 1. The van der Waals surface area contributed by atoms with Crippen molar-refractivity contribution >= 4 is 28.8 Å². The van der Waals surface area contributed by atoms with E-state index in [1.54, 1.807) is 6.07 Å². The van der Waals surface area contributed by atoms with E-state index in [9.17, 15) is 4.79 Å². The van der Waals surface area contributed by atoms with E-state index < -0.39 is 0 Å². The van der Waals surface area contributed by atoms with E-state index in [1.807, 2.05) is 25.2 Å². The highest BCUT2D eigenvalue weighted by atomic mass is 32.1. The lowest BCUT2D eigenvalue weighted by Gasteiger charge is -2.20. The zero-order valence-electron chi connectivity index (χ0n) is 12.5. The number of hydrogen-bond acceptors (Lipinski definition) is 3. The highest BCUT2D eigenvalue weighted by Crippen LogP contribution is 2.25. The molecule has 0 radical (unpaired) electrons. The third-order valence-electron chi connectivity index (χ3n) is 3.89. The highest BCUT2D eigenvalue weighted by molar-refractivity contribution is 7.80. The average Bonchev–Trinajstić information content (AvgIpc) is 2.91. The van der Waals surface area contributed by atoms with Crippen molar-refractivity contribution < 1.29 is 4.79 Å². The summed E-state index contributed by atoms with van der Waals surface area (Å²) >= 11 is 4.94. The number of carbonyl (C=O) groups excluding carboxylic acids is 1. The maximum atomic E-state index is 12.1. The van der Waals surface area contributed by atoms with Gasteiger partial charge in [0.05, 0.1) is 6.54 Å². The molecule has 0 unspecified atom stereocenters. The van der Waals surface area contributed by atoms with Crippen LogP contribution >= 0.6 is 12.2 Å². The van der Waals surface area contributed by atoms with Gasteiger partial charge in [0.15, 0.2) is 0 Å². The predicted octanol–water partition coefficient (Wildman–Crippen LogP) is 2.38. The Bertz CT molecular complexity index is 512. The molecule has 1 aliphatic rings. The number of hydrogen-bond donors (Lipinski definition) is 2. The summed E-state index contributed by atoms with van der Waals surface area (Å²) in [6.07, 6.45) is 5.25. The van der Waals surface area contributed by atoms with Crippen molar-refractivity contribution in [2.75, 3.05) is 25.5 Å². The summed E-state index contributed by atoms with van der Waals surface area (Å²) in [5.74, 6) is 0.747. The predicted molar refractivity (Wildman–Crippen MR) is 90.4 cm³/mol. The first-order valence-corrected chi connectivity index (χ1v) is 7.83. The van der Waals surface area contributed by atoms with Gasteiger partial charge in [-0.25, -0.2) is 0 Å². The summed E-state index contributed by atoms with van der Waals surface area (Å²) < 4.78 is 0. The molecule has 21 heavy (non-hydrogen) atoms. The number of likely N-dealkylation sites (N-methyl/N-ethyl adjacent to an activating group) is 1. The molecule has 1 amide bonds. The van der Waals surface area contributed by atoms with Gasteiger partial charge < -0.3 is 11.1 Å². The fourth-order valence-electron chi connectivity index (χ4n) is 2.89. The number of nitrogens with one attached hydrogen (secondary N) is 1. The van der Waals surface area contributed by atoms with Gasteiger partial charge in [0.2, 0.25) is 5.91 Å². The minimum absolute atomic E-state index is 0.00409. The van der Waals surface area contributed by atoms with Gasteiger partial charge in [-0.05, 0) is 37.9 Å². The minimum atomic E-state index is -0.00409. The van der Waals surface area contributed by atoms with Crippen molar-refractivity contribution in [2.45, 2.75) is 25.7 Å². The molecule has 1 aromatic rings. The van der Waals surface area contributed by atoms with Crippen molar-refractivity contribution in [2.24, 2.45) is 11.7 Å². The molecule has 0 spiro atoms. The minimum Gasteiger partial charge on any atom is -0.389 e. The highest BCUT2D eigenvalue weighted by Gasteiger charge is 2.18. The lowest BCUT2D eigenvalue weighted by atomic mass is 10.1. The third kappa shape index (κ3) is 5.10. The smallest absolute Gasteiger partial charge is 0.238 e. The van der Waals surface area contributed by atoms with E-state index in [1.165, 1.54) is 25.7 Å².